The minimum atomic E-state index is -0.0218. The van der Waals surface area contributed by atoms with Crippen molar-refractivity contribution in [3.05, 3.63) is 41.0 Å². The minimum absolute atomic E-state index is 0.0218. The van der Waals surface area contributed by atoms with Gasteiger partial charge < -0.3 is 10.3 Å². The summed E-state index contributed by atoms with van der Waals surface area (Å²) in [6.45, 7) is 0. The van der Waals surface area contributed by atoms with Crippen LogP contribution in [0.4, 0.5) is 5.00 Å². The van der Waals surface area contributed by atoms with E-state index in [9.17, 15) is 4.79 Å². The third-order valence-electron chi connectivity index (χ3n) is 2.35. The molecular formula is C11H8N2OS. The Kier molecular flexibility index (Phi) is 1.76. The van der Waals surface area contributed by atoms with E-state index in [1.807, 2.05) is 35.9 Å². The van der Waals surface area contributed by atoms with Crippen molar-refractivity contribution in [3.63, 3.8) is 0 Å². The lowest BCUT2D eigenvalue weighted by atomic mass is 10.1. The van der Waals surface area contributed by atoms with Gasteiger partial charge in [0.05, 0.1) is 5.57 Å². The number of hydrogen-bond donors (Lipinski definition) is 2. The molecular weight excluding hydrogens is 208 g/mol. The van der Waals surface area contributed by atoms with Gasteiger partial charge >= 0.3 is 0 Å². The summed E-state index contributed by atoms with van der Waals surface area (Å²) in [7, 11) is 0. The normalized spacial score (nSPS) is 16.8. The Bertz CT molecular complexity index is 537. The SMILES string of the molecule is O=C1Nc2sccc2/C1=C\c1ccc[nH]1. The molecule has 1 aliphatic rings. The summed E-state index contributed by atoms with van der Waals surface area (Å²) in [6, 6.07) is 5.81. The van der Waals surface area contributed by atoms with Gasteiger partial charge in [0.15, 0.2) is 0 Å². The molecule has 3 heterocycles. The monoisotopic (exact) mass is 216 g/mol. The average molecular weight is 216 g/mol. The molecule has 3 rings (SSSR count). The molecule has 0 saturated carbocycles. The highest BCUT2D eigenvalue weighted by atomic mass is 32.1. The predicted molar refractivity (Wildman–Crippen MR) is 61.6 cm³/mol. The van der Waals surface area contributed by atoms with Gasteiger partial charge in [-0.3, -0.25) is 4.79 Å². The predicted octanol–water partition coefficient (Wildman–Crippen LogP) is 2.57. The molecule has 2 aromatic heterocycles. The number of H-pyrrole nitrogens is 1. The van der Waals surface area contributed by atoms with E-state index in [4.69, 9.17) is 0 Å². The van der Waals surface area contributed by atoms with Gasteiger partial charge in [-0.1, -0.05) is 0 Å². The number of aromatic nitrogens is 1. The summed E-state index contributed by atoms with van der Waals surface area (Å²) in [5.41, 5.74) is 2.67. The maximum Gasteiger partial charge on any atom is 0.257 e. The Morgan fingerprint density at radius 2 is 2.27 bits per heavy atom. The summed E-state index contributed by atoms with van der Waals surface area (Å²) in [5.74, 6) is -0.0218. The molecule has 3 nitrogen and oxygen atoms in total. The second-order valence-corrected chi connectivity index (χ2v) is 4.22. The van der Waals surface area contributed by atoms with Gasteiger partial charge in [0.1, 0.15) is 5.00 Å². The Labute approximate surface area is 90.4 Å². The molecule has 15 heavy (non-hydrogen) atoms. The van der Waals surface area contributed by atoms with Crippen molar-refractivity contribution in [1.82, 2.24) is 4.98 Å². The van der Waals surface area contributed by atoms with Crippen molar-refractivity contribution < 1.29 is 4.79 Å². The molecule has 0 spiro atoms. The van der Waals surface area contributed by atoms with Crippen molar-refractivity contribution in [2.24, 2.45) is 0 Å². The van der Waals surface area contributed by atoms with Crippen LogP contribution in [-0.2, 0) is 4.79 Å². The van der Waals surface area contributed by atoms with Crippen molar-refractivity contribution in [2.45, 2.75) is 0 Å². The van der Waals surface area contributed by atoms with Crippen LogP contribution in [-0.4, -0.2) is 10.9 Å². The van der Waals surface area contributed by atoms with E-state index in [1.54, 1.807) is 11.3 Å². The Balaban J connectivity index is 2.10. The van der Waals surface area contributed by atoms with Crippen LogP contribution in [0.15, 0.2) is 29.8 Å². The molecule has 4 heteroatoms. The van der Waals surface area contributed by atoms with E-state index in [0.717, 1.165) is 21.8 Å². The maximum atomic E-state index is 11.6. The smallest absolute Gasteiger partial charge is 0.257 e. The summed E-state index contributed by atoms with van der Waals surface area (Å²) >= 11 is 1.55. The van der Waals surface area contributed by atoms with Crippen molar-refractivity contribution in [3.8, 4) is 0 Å². The molecule has 1 amide bonds. The number of thiophene rings is 1. The average Bonchev–Trinajstić information content (AvgIpc) is 2.86. The number of hydrogen-bond acceptors (Lipinski definition) is 2. The van der Waals surface area contributed by atoms with Crippen LogP contribution < -0.4 is 5.32 Å². The molecule has 0 saturated heterocycles. The van der Waals surface area contributed by atoms with Crippen LogP contribution >= 0.6 is 11.3 Å². The first-order valence-corrected chi connectivity index (χ1v) is 5.47. The molecule has 0 fully saturated rings. The topological polar surface area (TPSA) is 44.9 Å². The third kappa shape index (κ3) is 1.30. The van der Waals surface area contributed by atoms with Gasteiger partial charge in [-0.2, -0.15) is 0 Å². The number of aromatic amines is 1. The maximum absolute atomic E-state index is 11.6. The Hall–Kier alpha value is -1.81. The van der Waals surface area contributed by atoms with Crippen LogP contribution in [0.25, 0.3) is 11.6 Å². The van der Waals surface area contributed by atoms with Gasteiger partial charge in [-0.15, -0.1) is 11.3 Å². The highest BCUT2D eigenvalue weighted by molar-refractivity contribution is 7.15. The van der Waals surface area contributed by atoms with Gasteiger partial charge in [-0.25, -0.2) is 0 Å². The van der Waals surface area contributed by atoms with E-state index in [0.29, 0.717) is 0 Å². The first-order valence-electron chi connectivity index (χ1n) is 4.59. The van der Waals surface area contributed by atoms with Crippen LogP contribution in [0.3, 0.4) is 0 Å². The summed E-state index contributed by atoms with van der Waals surface area (Å²) in [4.78, 5) is 14.7. The van der Waals surface area contributed by atoms with Gasteiger partial charge in [0.2, 0.25) is 0 Å². The van der Waals surface area contributed by atoms with Crippen LogP contribution in [0.2, 0.25) is 0 Å². The largest absolute Gasteiger partial charge is 0.362 e. The van der Waals surface area contributed by atoms with Crippen LogP contribution in [0, 0.1) is 0 Å². The molecule has 0 atom stereocenters. The zero-order valence-electron chi connectivity index (χ0n) is 7.78. The Morgan fingerprint density at radius 3 is 3.07 bits per heavy atom. The number of carbonyl (C=O) groups excluding carboxylic acids is 1. The first-order chi connectivity index (χ1) is 7.34. The summed E-state index contributed by atoms with van der Waals surface area (Å²) in [5, 5.41) is 5.76. The third-order valence-corrected chi connectivity index (χ3v) is 3.18. The fraction of sp³-hybridized carbons (Fsp3) is 0. The van der Waals surface area contributed by atoms with Crippen molar-refractivity contribution in [2.75, 3.05) is 5.32 Å². The van der Waals surface area contributed by atoms with E-state index in [2.05, 4.69) is 10.3 Å². The van der Waals surface area contributed by atoms with E-state index >= 15 is 0 Å². The fourth-order valence-electron chi connectivity index (χ4n) is 1.64. The highest BCUT2D eigenvalue weighted by Gasteiger charge is 2.24. The molecule has 0 radical (unpaired) electrons. The lowest BCUT2D eigenvalue weighted by molar-refractivity contribution is -0.110. The number of amides is 1. The van der Waals surface area contributed by atoms with Crippen molar-refractivity contribution >= 4 is 33.9 Å². The van der Waals surface area contributed by atoms with E-state index < -0.39 is 0 Å². The standard InChI is InChI=1S/C11H8N2OS/c14-10-9(6-7-2-1-4-12-7)8-3-5-15-11(8)13-10/h1-6,12H,(H,13,14)/b9-6+. The quantitative estimate of drug-likeness (QED) is 0.707. The van der Waals surface area contributed by atoms with Crippen LogP contribution in [0.5, 0.6) is 0 Å². The molecule has 2 N–H and O–H groups in total. The highest BCUT2D eigenvalue weighted by Crippen LogP contribution is 2.36. The number of carbonyl (C=O) groups is 1. The van der Waals surface area contributed by atoms with E-state index in [1.165, 1.54) is 0 Å². The zero-order chi connectivity index (χ0) is 10.3. The van der Waals surface area contributed by atoms with Crippen LogP contribution in [0.1, 0.15) is 11.3 Å². The number of anilines is 1. The summed E-state index contributed by atoms with van der Waals surface area (Å²) < 4.78 is 0. The second kappa shape index (κ2) is 3.10. The van der Waals surface area contributed by atoms with Crippen molar-refractivity contribution in [1.29, 1.82) is 0 Å². The number of rotatable bonds is 1. The lowest BCUT2D eigenvalue weighted by Crippen LogP contribution is -2.03. The fourth-order valence-corrected chi connectivity index (χ4v) is 2.44. The van der Waals surface area contributed by atoms with Gasteiger partial charge in [-0.05, 0) is 29.7 Å². The first kappa shape index (κ1) is 8.49. The summed E-state index contributed by atoms with van der Waals surface area (Å²) in [6.07, 6.45) is 3.71. The second-order valence-electron chi connectivity index (χ2n) is 3.30. The number of nitrogens with one attached hydrogen (secondary N) is 2. The molecule has 0 bridgehead atoms. The molecule has 0 aromatic carbocycles. The number of fused-ring (bicyclic) bond motifs is 1. The molecule has 0 unspecified atom stereocenters. The Morgan fingerprint density at radius 1 is 1.33 bits per heavy atom. The molecule has 1 aliphatic heterocycles. The zero-order valence-corrected chi connectivity index (χ0v) is 8.60. The molecule has 74 valence electrons. The molecule has 0 aliphatic carbocycles. The molecule has 2 aromatic rings. The minimum Gasteiger partial charge on any atom is -0.362 e. The lowest BCUT2D eigenvalue weighted by Gasteiger charge is -1.93. The van der Waals surface area contributed by atoms with Gasteiger partial charge in [0, 0.05) is 17.5 Å². The van der Waals surface area contributed by atoms with Gasteiger partial charge in [0.25, 0.3) is 5.91 Å². The van der Waals surface area contributed by atoms with E-state index in [-0.39, 0.29) is 5.91 Å².